The van der Waals surface area contributed by atoms with Gasteiger partial charge in [-0.25, -0.2) is 4.39 Å². The van der Waals surface area contributed by atoms with E-state index in [0.717, 1.165) is 26.9 Å². The van der Waals surface area contributed by atoms with Crippen LogP contribution in [0.15, 0.2) is 76.3 Å². The molecule has 3 aromatic carbocycles. The van der Waals surface area contributed by atoms with Gasteiger partial charge in [-0.15, -0.1) is 10.2 Å². The van der Waals surface area contributed by atoms with E-state index in [0.29, 0.717) is 34.7 Å². The SMILES string of the molecule is COc1ccc(-c2noc(CSc3nnc(-c4ccc(F)cc4)c4ccccc34)n2)cc1OC. The molecule has 9 heteroatoms. The number of methoxy groups -OCH3 is 2. The van der Waals surface area contributed by atoms with Crippen molar-refractivity contribution in [3.8, 4) is 34.1 Å². The minimum atomic E-state index is -0.291. The average molecular weight is 475 g/mol. The first kappa shape index (κ1) is 21.8. The molecule has 34 heavy (non-hydrogen) atoms. The Morgan fingerprint density at radius 2 is 1.59 bits per heavy atom. The molecule has 2 heterocycles. The molecule has 0 fully saturated rings. The predicted molar refractivity (Wildman–Crippen MR) is 127 cm³/mol. The van der Waals surface area contributed by atoms with Crippen molar-refractivity contribution < 1.29 is 18.4 Å². The van der Waals surface area contributed by atoms with E-state index >= 15 is 0 Å². The zero-order valence-electron chi connectivity index (χ0n) is 18.4. The summed E-state index contributed by atoms with van der Waals surface area (Å²) in [5.41, 5.74) is 2.26. The van der Waals surface area contributed by atoms with E-state index in [9.17, 15) is 4.39 Å². The maximum atomic E-state index is 13.4. The van der Waals surface area contributed by atoms with Crippen LogP contribution in [0.25, 0.3) is 33.4 Å². The highest BCUT2D eigenvalue weighted by atomic mass is 32.2. The number of halogens is 1. The highest BCUT2D eigenvalue weighted by Crippen LogP contribution is 2.34. The molecule has 0 bridgehead atoms. The monoisotopic (exact) mass is 474 g/mol. The Morgan fingerprint density at radius 1 is 0.853 bits per heavy atom. The minimum absolute atomic E-state index is 0.291. The zero-order valence-corrected chi connectivity index (χ0v) is 19.2. The van der Waals surface area contributed by atoms with Crippen LogP contribution in [-0.4, -0.2) is 34.6 Å². The zero-order chi connectivity index (χ0) is 23.5. The third-order valence-corrected chi connectivity index (χ3v) is 6.18. The van der Waals surface area contributed by atoms with E-state index in [2.05, 4.69) is 20.3 Å². The normalized spacial score (nSPS) is 11.0. The lowest BCUT2D eigenvalue weighted by Gasteiger charge is -2.08. The molecule has 0 aliphatic heterocycles. The molecule has 0 atom stereocenters. The van der Waals surface area contributed by atoms with Gasteiger partial charge in [0.25, 0.3) is 0 Å². The molecule has 0 unspecified atom stereocenters. The highest BCUT2D eigenvalue weighted by Gasteiger charge is 2.15. The van der Waals surface area contributed by atoms with Crippen LogP contribution in [0.2, 0.25) is 0 Å². The molecule has 170 valence electrons. The molecule has 0 saturated heterocycles. The van der Waals surface area contributed by atoms with Gasteiger partial charge in [-0.2, -0.15) is 4.98 Å². The molecule has 0 radical (unpaired) electrons. The Morgan fingerprint density at radius 3 is 2.35 bits per heavy atom. The number of hydrogen-bond donors (Lipinski definition) is 0. The van der Waals surface area contributed by atoms with E-state index in [1.807, 2.05) is 30.3 Å². The molecule has 0 spiro atoms. The molecule has 0 aliphatic rings. The Bertz CT molecular complexity index is 1460. The van der Waals surface area contributed by atoms with Crippen molar-refractivity contribution in [3.05, 3.63) is 78.4 Å². The number of rotatable bonds is 7. The Labute approximate surface area is 198 Å². The maximum Gasteiger partial charge on any atom is 0.237 e. The molecular weight excluding hydrogens is 455 g/mol. The van der Waals surface area contributed by atoms with Gasteiger partial charge in [-0.3, -0.25) is 0 Å². The van der Waals surface area contributed by atoms with Gasteiger partial charge in [0.15, 0.2) is 11.5 Å². The number of benzene rings is 3. The molecule has 0 amide bonds. The van der Waals surface area contributed by atoms with E-state index in [1.54, 1.807) is 38.5 Å². The molecule has 5 rings (SSSR count). The smallest absolute Gasteiger partial charge is 0.237 e. The Hall–Kier alpha value is -3.98. The maximum absolute atomic E-state index is 13.4. The van der Waals surface area contributed by atoms with Crippen molar-refractivity contribution in [3.63, 3.8) is 0 Å². The summed E-state index contributed by atoms with van der Waals surface area (Å²) in [6, 6.07) is 19.5. The summed E-state index contributed by atoms with van der Waals surface area (Å²) in [5, 5.41) is 15.6. The number of aromatic nitrogens is 4. The van der Waals surface area contributed by atoms with Gasteiger partial charge >= 0.3 is 0 Å². The second kappa shape index (κ2) is 9.48. The van der Waals surface area contributed by atoms with Crippen LogP contribution in [0.1, 0.15) is 5.89 Å². The van der Waals surface area contributed by atoms with Crippen molar-refractivity contribution in [2.75, 3.05) is 14.2 Å². The van der Waals surface area contributed by atoms with Gasteiger partial charge in [-0.05, 0) is 42.5 Å². The third-order valence-electron chi connectivity index (χ3n) is 5.21. The van der Waals surface area contributed by atoms with E-state index in [1.165, 1.54) is 23.9 Å². The summed E-state index contributed by atoms with van der Waals surface area (Å²) in [4.78, 5) is 4.50. The second-order valence-corrected chi connectivity index (χ2v) is 8.24. The third kappa shape index (κ3) is 4.29. The van der Waals surface area contributed by atoms with Crippen LogP contribution in [-0.2, 0) is 5.75 Å². The van der Waals surface area contributed by atoms with Crippen molar-refractivity contribution in [1.29, 1.82) is 0 Å². The molecule has 0 aliphatic carbocycles. The van der Waals surface area contributed by atoms with Crippen LogP contribution >= 0.6 is 11.8 Å². The van der Waals surface area contributed by atoms with Gasteiger partial charge in [0.05, 0.1) is 20.0 Å². The number of ether oxygens (including phenoxy) is 2. The summed E-state index contributed by atoms with van der Waals surface area (Å²) < 4.78 is 29.4. The molecule has 5 aromatic rings. The lowest BCUT2D eigenvalue weighted by molar-refractivity contribution is 0.355. The fraction of sp³-hybridized carbons (Fsp3) is 0.120. The summed E-state index contributed by atoms with van der Waals surface area (Å²) in [5.74, 6) is 2.26. The van der Waals surface area contributed by atoms with Crippen molar-refractivity contribution >= 4 is 22.5 Å². The van der Waals surface area contributed by atoms with Gasteiger partial charge in [0.1, 0.15) is 16.5 Å². The van der Waals surface area contributed by atoms with Gasteiger partial charge in [0, 0.05) is 21.9 Å². The number of thioether (sulfide) groups is 1. The molecule has 2 aromatic heterocycles. The lowest BCUT2D eigenvalue weighted by Crippen LogP contribution is -1.94. The van der Waals surface area contributed by atoms with Gasteiger partial charge in [0.2, 0.25) is 11.7 Å². The van der Waals surface area contributed by atoms with Crippen molar-refractivity contribution in [2.45, 2.75) is 10.8 Å². The second-order valence-electron chi connectivity index (χ2n) is 7.28. The Kier molecular flexibility index (Phi) is 6.09. The number of nitrogens with zero attached hydrogens (tertiary/aromatic N) is 4. The topological polar surface area (TPSA) is 83.2 Å². The fourth-order valence-corrected chi connectivity index (χ4v) is 4.35. The standard InChI is InChI=1S/C25H19FN4O3S/c1-31-20-12-9-16(13-21(20)32-2)24-27-22(33-30-24)14-34-25-19-6-4-3-5-18(19)23(28-29-25)15-7-10-17(26)11-8-15/h3-13H,14H2,1-2H3. The minimum Gasteiger partial charge on any atom is -0.493 e. The number of fused-ring (bicyclic) bond motifs is 1. The first-order valence-electron chi connectivity index (χ1n) is 10.4. The fourth-order valence-electron chi connectivity index (χ4n) is 3.54. The van der Waals surface area contributed by atoms with Crippen LogP contribution in [0.4, 0.5) is 4.39 Å². The van der Waals surface area contributed by atoms with Gasteiger partial charge in [-0.1, -0.05) is 41.2 Å². The Balaban J connectivity index is 1.39. The first-order valence-corrected chi connectivity index (χ1v) is 11.3. The van der Waals surface area contributed by atoms with Crippen LogP contribution in [0, 0.1) is 5.82 Å². The van der Waals surface area contributed by atoms with Crippen molar-refractivity contribution in [1.82, 2.24) is 20.3 Å². The average Bonchev–Trinajstić information content (AvgIpc) is 3.36. The van der Waals surface area contributed by atoms with E-state index in [-0.39, 0.29) is 5.82 Å². The van der Waals surface area contributed by atoms with Crippen LogP contribution in [0.3, 0.4) is 0 Å². The van der Waals surface area contributed by atoms with Crippen LogP contribution < -0.4 is 9.47 Å². The molecule has 0 saturated carbocycles. The van der Waals surface area contributed by atoms with E-state index in [4.69, 9.17) is 14.0 Å². The summed E-state index contributed by atoms with van der Waals surface area (Å²) in [7, 11) is 3.16. The summed E-state index contributed by atoms with van der Waals surface area (Å²) >= 11 is 1.46. The molecule has 0 N–H and O–H groups in total. The van der Waals surface area contributed by atoms with Crippen LogP contribution in [0.5, 0.6) is 11.5 Å². The predicted octanol–water partition coefficient (Wildman–Crippen LogP) is 5.80. The van der Waals surface area contributed by atoms with E-state index < -0.39 is 0 Å². The largest absolute Gasteiger partial charge is 0.493 e. The lowest BCUT2D eigenvalue weighted by atomic mass is 10.1. The highest BCUT2D eigenvalue weighted by molar-refractivity contribution is 7.98. The summed E-state index contributed by atoms with van der Waals surface area (Å²) in [6.45, 7) is 0. The number of hydrogen-bond acceptors (Lipinski definition) is 8. The molecular formula is C25H19FN4O3S. The van der Waals surface area contributed by atoms with Crippen molar-refractivity contribution in [2.24, 2.45) is 0 Å². The summed E-state index contributed by atoms with van der Waals surface area (Å²) in [6.07, 6.45) is 0. The first-order chi connectivity index (χ1) is 16.7. The quantitative estimate of drug-likeness (QED) is 0.274. The van der Waals surface area contributed by atoms with Gasteiger partial charge < -0.3 is 14.0 Å². The molecule has 7 nitrogen and oxygen atoms in total.